The molecule has 0 aliphatic heterocycles. The summed E-state index contributed by atoms with van der Waals surface area (Å²) < 4.78 is 2.73. The number of nitrogens with one attached hydrogen (secondary N) is 1. The molecule has 9 heteroatoms. The second-order valence-corrected chi connectivity index (χ2v) is 7.94. The number of H-pyrrole nitrogens is 1. The predicted octanol–water partition coefficient (Wildman–Crippen LogP) is 4.67. The molecule has 154 valence electrons. The summed E-state index contributed by atoms with van der Waals surface area (Å²) >= 11 is 3.55. The molecule has 0 unspecified atom stereocenters. The summed E-state index contributed by atoms with van der Waals surface area (Å²) in [6.07, 6.45) is 2.62. The van der Waals surface area contributed by atoms with E-state index in [1.807, 2.05) is 29.8 Å². The number of hydrogen-bond acceptors (Lipinski definition) is 6. The van der Waals surface area contributed by atoms with E-state index in [9.17, 15) is 0 Å². The van der Waals surface area contributed by atoms with Crippen LogP contribution < -0.4 is 4.90 Å². The monoisotopic (exact) mass is 474 g/mol. The summed E-state index contributed by atoms with van der Waals surface area (Å²) in [5.41, 5.74) is 5.97. The van der Waals surface area contributed by atoms with Crippen LogP contribution in [0, 0.1) is 0 Å². The smallest absolute Gasteiger partial charge is 0.180 e. The van der Waals surface area contributed by atoms with Crippen LogP contribution in [0.3, 0.4) is 0 Å². The molecular formula is C22H19BrN8. The summed E-state index contributed by atoms with van der Waals surface area (Å²) in [7, 11) is 2.03. The summed E-state index contributed by atoms with van der Waals surface area (Å²) in [5, 5.41) is 18.8. The quantitative estimate of drug-likeness (QED) is 0.398. The lowest BCUT2D eigenvalue weighted by Gasteiger charge is -2.21. The van der Waals surface area contributed by atoms with Gasteiger partial charge in [-0.2, -0.15) is 9.61 Å². The van der Waals surface area contributed by atoms with Gasteiger partial charge in [0, 0.05) is 30.1 Å². The maximum atomic E-state index is 4.69. The third-order valence-electron chi connectivity index (χ3n) is 5.26. The molecule has 1 N–H and O–H groups in total. The fourth-order valence-electron chi connectivity index (χ4n) is 3.60. The van der Waals surface area contributed by atoms with Crippen molar-refractivity contribution < 1.29 is 0 Å². The number of rotatable bonds is 5. The van der Waals surface area contributed by atoms with Crippen molar-refractivity contribution in [2.75, 3.05) is 11.9 Å². The van der Waals surface area contributed by atoms with Crippen molar-refractivity contribution >= 4 is 33.1 Å². The average Bonchev–Trinajstić information content (AvgIpc) is 3.49. The lowest BCUT2D eigenvalue weighted by atomic mass is 9.99. The van der Waals surface area contributed by atoms with Crippen LogP contribution in [0.1, 0.15) is 12.6 Å². The van der Waals surface area contributed by atoms with E-state index < -0.39 is 0 Å². The van der Waals surface area contributed by atoms with E-state index in [4.69, 9.17) is 0 Å². The minimum atomic E-state index is 0.646. The van der Waals surface area contributed by atoms with Gasteiger partial charge in [-0.3, -0.25) is 0 Å². The number of aromatic nitrogens is 7. The summed E-state index contributed by atoms with van der Waals surface area (Å²) in [6.45, 7) is 2.10. The molecule has 0 spiro atoms. The Morgan fingerprint density at radius 1 is 1.06 bits per heavy atom. The van der Waals surface area contributed by atoms with Gasteiger partial charge in [0.15, 0.2) is 11.5 Å². The number of anilines is 2. The number of halogens is 1. The number of tetrazole rings is 1. The zero-order valence-electron chi connectivity index (χ0n) is 17.0. The van der Waals surface area contributed by atoms with Gasteiger partial charge < -0.3 is 4.90 Å². The molecule has 5 rings (SSSR count). The van der Waals surface area contributed by atoms with Gasteiger partial charge in [0.05, 0.1) is 10.7 Å². The van der Waals surface area contributed by atoms with E-state index in [0.29, 0.717) is 5.82 Å². The van der Waals surface area contributed by atoms with Crippen LogP contribution in [-0.2, 0) is 6.42 Å². The highest BCUT2D eigenvalue weighted by molar-refractivity contribution is 9.10. The van der Waals surface area contributed by atoms with Gasteiger partial charge in [0.2, 0.25) is 0 Å². The number of hydrogen-bond donors (Lipinski definition) is 1. The Bertz CT molecular complexity index is 1340. The van der Waals surface area contributed by atoms with Gasteiger partial charge in [-0.25, -0.2) is 10.1 Å². The molecule has 2 aromatic carbocycles. The van der Waals surface area contributed by atoms with Crippen molar-refractivity contribution in [3.05, 3.63) is 71.0 Å². The summed E-state index contributed by atoms with van der Waals surface area (Å²) in [4.78, 5) is 6.80. The van der Waals surface area contributed by atoms with Crippen LogP contribution in [-0.4, -0.2) is 42.3 Å². The Morgan fingerprint density at radius 3 is 2.55 bits per heavy atom. The largest absolute Gasteiger partial charge is 0.329 e. The van der Waals surface area contributed by atoms with Crippen molar-refractivity contribution in [1.29, 1.82) is 0 Å². The molecule has 31 heavy (non-hydrogen) atoms. The van der Waals surface area contributed by atoms with Crippen LogP contribution in [0.15, 0.2) is 65.3 Å². The third kappa shape index (κ3) is 3.46. The highest BCUT2D eigenvalue weighted by atomic mass is 79.9. The van der Waals surface area contributed by atoms with Crippen LogP contribution >= 0.6 is 15.9 Å². The SMILES string of the molecule is CCc1cc(N(C)c2ccc(-c3ccccc3-c3nnn[nH]3)cc2)n2ncc(Br)c2n1. The molecule has 5 aromatic rings. The Labute approximate surface area is 187 Å². The molecule has 0 atom stereocenters. The first kappa shape index (κ1) is 19.4. The fraction of sp³-hybridized carbons (Fsp3) is 0.136. The maximum Gasteiger partial charge on any atom is 0.180 e. The van der Waals surface area contributed by atoms with Crippen LogP contribution in [0.5, 0.6) is 0 Å². The van der Waals surface area contributed by atoms with E-state index in [1.54, 1.807) is 6.20 Å². The van der Waals surface area contributed by atoms with Crippen molar-refractivity contribution in [2.45, 2.75) is 13.3 Å². The first-order valence-corrected chi connectivity index (χ1v) is 10.7. The Hall–Kier alpha value is -3.59. The molecule has 3 heterocycles. The van der Waals surface area contributed by atoms with Gasteiger partial charge >= 0.3 is 0 Å². The standard InChI is InChI=1S/C22H19BrN8/c1-3-15-12-20(31-22(25-15)19(23)13-24-31)30(2)16-10-8-14(9-11-16)17-6-4-5-7-18(17)21-26-28-29-27-21/h4-13H,3H2,1-2H3,(H,26,27,28,29). The van der Waals surface area contributed by atoms with Gasteiger partial charge in [0.25, 0.3) is 0 Å². The predicted molar refractivity (Wildman–Crippen MR) is 123 cm³/mol. The highest BCUT2D eigenvalue weighted by Crippen LogP contribution is 2.32. The third-order valence-corrected chi connectivity index (χ3v) is 5.82. The van der Waals surface area contributed by atoms with Crippen molar-refractivity contribution in [3.8, 4) is 22.5 Å². The fourth-order valence-corrected chi connectivity index (χ4v) is 3.95. The molecule has 0 fully saturated rings. The molecule has 0 amide bonds. The molecule has 0 aliphatic carbocycles. The molecular weight excluding hydrogens is 456 g/mol. The second-order valence-electron chi connectivity index (χ2n) is 7.09. The lowest BCUT2D eigenvalue weighted by Crippen LogP contribution is -2.15. The second kappa shape index (κ2) is 7.92. The summed E-state index contributed by atoms with van der Waals surface area (Å²) in [6, 6.07) is 18.5. The summed E-state index contributed by atoms with van der Waals surface area (Å²) in [5.74, 6) is 1.60. The van der Waals surface area contributed by atoms with Crippen LogP contribution in [0.4, 0.5) is 11.5 Å². The number of nitrogens with zero attached hydrogens (tertiary/aromatic N) is 7. The van der Waals surface area contributed by atoms with Gasteiger partial charge in [-0.1, -0.05) is 43.3 Å². The molecule has 0 saturated carbocycles. The molecule has 0 radical (unpaired) electrons. The van der Waals surface area contributed by atoms with E-state index >= 15 is 0 Å². The highest BCUT2D eigenvalue weighted by Gasteiger charge is 2.15. The number of aryl methyl sites for hydroxylation is 1. The lowest BCUT2D eigenvalue weighted by molar-refractivity contribution is 0.881. The topological polar surface area (TPSA) is 87.9 Å². The van der Waals surface area contributed by atoms with Crippen LogP contribution in [0.2, 0.25) is 0 Å². The zero-order valence-corrected chi connectivity index (χ0v) is 18.6. The zero-order chi connectivity index (χ0) is 21.4. The average molecular weight is 475 g/mol. The van der Waals surface area contributed by atoms with E-state index in [2.05, 4.69) is 94.9 Å². The van der Waals surface area contributed by atoms with E-state index in [1.165, 1.54) is 0 Å². The Kier molecular flexibility index (Phi) is 4.95. The first-order chi connectivity index (χ1) is 15.2. The van der Waals surface area contributed by atoms with Gasteiger partial charge in [-0.15, -0.1) is 5.10 Å². The minimum absolute atomic E-state index is 0.646. The molecule has 0 bridgehead atoms. The first-order valence-electron chi connectivity index (χ1n) is 9.86. The van der Waals surface area contributed by atoms with Crippen molar-refractivity contribution in [1.82, 2.24) is 35.2 Å². The number of aromatic amines is 1. The minimum Gasteiger partial charge on any atom is -0.329 e. The van der Waals surface area contributed by atoms with Gasteiger partial charge in [-0.05, 0) is 56.0 Å². The van der Waals surface area contributed by atoms with Gasteiger partial charge in [0.1, 0.15) is 5.82 Å². The molecule has 8 nitrogen and oxygen atoms in total. The molecule has 3 aromatic heterocycles. The van der Waals surface area contributed by atoms with Crippen LogP contribution in [0.25, 0.3) is 28.2 Å². The molecule has 0 saturated heterocycles. The number of benzene rings is 2. The van der Waals surface area contributed by atoms with Crippen molar-refractivity contribution in [3.63, 3.8) is 0 Å². The molecule has 0 aliphatic rings. The number of fused-ring (bicyclic) bond motifs is 1. The Balaban J connectivity index is 1.53. The normalized spacial score (nSPS) is 11.2. The van der Waals surface area contributed by atoms with Crippen molar-refractivity contribution in [2.24, 2.45) is 0 Å². The maximum absolute atomic E-state index is 4.69. The van der Waals surface area contributed by atoms with E-state index in [0.717, 1.165) is 50.4 Å². The van der Waals surface area contributed by atoms with E-state index in [-0.39, 0.29) is 0 Å². The Morgan fingerprint density at radius 2 is 1.84 bits per heavy atom.